The van der Waals surface area contributed by atoms with E-state index in [-0.39, 0.29) is 5.91 Å². The van der Waals surface area contributed by atoms with E-state index in [9.17, 15) is 4.79 Å². The number of aryl methyl sites for hydroxylation is 2. The number of carbonyl (C=O) groups excluding carboxylic acids is 1. The lowest BCUT2D eigenvalue weighted by atomic mass is 9.93. The normalized spacial score (nSPS) is 10.7. The molecule has 1 aliphatic carbocycles. The number of carbonyl (C=O) groups is 1. The van der Waals surface area contributed by atoms with Gasteiger partial charge < -0.3 is 29.8 Å². The minimum Gasteiger partial charge on any atom is -0.490 e. The maximum atomic E-state index is 12.3. The molecule has 0 radical (unpaired) electrons. The molecule has 2 aliphatic rings. The van der Waals surface area contributed by atoms with E-state index >= 15 is 0 Å². The smallest absolute Gasteiger partial charge is 0.251 e. The Hall–Kier alpha value is -5.08. The van der Waals surface area contributed by atoms with Crippen molar-refractivity contribution in [2.24, 2.45) is 0 Å². The molecule has 1 aliphatic heterocycles. The van der Waals surface area contributed by atoms with Crippen LogP contribution >= 0.6 is 0 Å². The fourth-order valence-electron chi connectivity index (χ4n) is 5.21. The van der Waals surface area contributed by atoms with Crippen molar-refractivity contribution in [1.29, 1.82) is 0 Å². The Morgan fingerprint density at radius 3 is 2.30 bits per heavy atom. The van der Waals surface area contributed by atoms with Gasteiger partial charge in [0.1, 0.15) is 50.2 Å². The fraction of sp³-hybridized carbons (Fsp3) is 0.263. The lowest BCUT2D eigenvalue weighted by Crippen LogP contribution is -2.54. The number of nitrogens with one attached hydrogen (secondary N) is 1. The number of rotatable bonds is 10. The monoisotopic (exact) mass is 622 g/mol. The first-order valence-electron chi connectivity index (χ1n) is 15.4. The zero-order valence-electron chi connectivity index (χ0n) is 27.9. The Bertz CT molecular complexity index is 1870. The standard InChI is InChI=1S/C36H40N4O4.C2H4/c1-23-7-8-25(20-32(23)43-18-17-42-31-14-9-26(19-24(31)2)36(41)38-16-15-37)35-29-12-10-27(39(3)4)21-33(29)44-34-22-28(40(5)6)11-13-30(34)35;1-2/h7-14,19-22H,15-18,37H2,1-6H3;1-2H2/p+2. The van der Waals surface area contributed by atoms with Crippen LogP contribution in [-0.4, -0.2) is 60.4 Å². The predicted molar refractivity (Wildman–Crippen MR) is 188 cm³/mol. The van der Waals surface area contributed by atoms with Crippen LogP contribution in [0.3, 0.4) is 0 Å². The molecule has 0 spiro atoms. The summed E-state index contributed by atoms with van der Waals surface area (Å²) in [6, 6.07) is 24.5. The van der Waals surface area contributed by atoms with E-state index in [4.69, 9.17) is 13.9 Å². The van der Waals surface area contributed by atoms with Gasteiger partial charge in [0.05, 0.1) is 19.2 Å². The third-order valence-corrected chi connectivity index (χ3v) is 7.70. The van der Waals surface area contributed by atoms with Crippen molar-refractivity contribution in [1.82, 2.24) is 9.89 Å². The zero-order chi connectivity index (χ0) is 33.4. The van der Waals surface area contributed by atoms with Crippen molar-refractivity contribution in [2.75, 3.05) is 59.4 Å². The third kappa shape index (κ3) is 7.58. The van der Waals surface area contributed by atoms with Gasteiger partial charge in [0.25, 0.3) is 5.91 Å². The minimum atomic E-state index is -0.106. The van der Waals surface area contributed by atoms with Crippen LogP contribution in [0.15, 0.2) is 90.4 Å². The summed E-state index contributed by atoms with van der Waals surface area (Å²) in [6.07, 6.45) is 0. The summed E-state index contributed by atoms with van der Waals surface area (Å²) < 4.78 is 20.8. The molecular weight excluding hydrogens is 576 g/mol. The third-order valence-electron chi connectivity index (χ3n) is 7.70. The molecule has 0 aromatic heterocycles. The van der Waals surface area contributed by atoms with Gasteiger partial charge in [-0.3, -0.25) is 4.79 Å². The van der Waals surface area contributed by atoms with Gasteiger partial charge in [0.2, 0.25) is 5.36 Å². The summed E-state index contributed by atoms with van der Waals surface area (Å²) >= 11 is 0. The Labute approximate surface area is 271 Å². The van der Waals surface area contributed by atoms with E-state index in [2.05, 4.69) is 88.3 Å². The lowest BCUT2D eigenvalue weighted by Gasteiger charge is -2.19. The first kappa shape index (κ1) is 33.8. The molecule has 0 bridgehead atoms. The fourth-order valence-corrected chi connectivity index (χ4v) is 5.21. The van der Waals surface area contributed by atoms with Crippen LogP contribution in [0, 0.1) is 13.8 Å². The molecule has 1 heterocycles. The lowest BCUT2D eigenvalue weighted by molar-refractivity contribution is -0.364. The van der Waals surface area contributed by atoms with Crippen LogP contribution in [0.2, 0.25) is 0 Å². The second-order valence-corrected chi connectivity index (χ2v) is 11.4. The predicted octanol–water partition coefficient (Wildman–Crippen LogP) is 5.15. The first-order valence-corrected chi connectivity index (χ1v) is 15.4. The highest BCUT2D eigenvalue weighted by Gasteiger charge is 2.19. The molecule has 4 N–H and O–H groups in total. The SMILES string of the molecule is C=C.Cc1cc(C(=O)NCC[NH3+])ccc1OCCOc1cc(-c2c3ccc(=[N+](C)C)cc-3oc3cc(N(C)C)ccc23)ccc1C. The van der Waals surface area contributed by atoms with E-state index in [0.29, 0.717) is 31.9 Å². The number of amides is 1. The molecular formula is C38H46N4O4+2. The topological polar surface area (TPSA) is 94.6 Å². The molecule has 5 rings (SSSR count). The molecule has 8 heteroatoms. The Morgan fingerprint density at radius 2 is 1.63 bits per heavy atom. The summed E-state index contributed by atoms with van der Waals surface area (Å²) in [5.41, 5.74) is 11.4. The maximum absolute atomic E-state index is 12.3. The van der Waals surface area contributed by atoms with Crippen LogP contribution in [0.4, 0.5) is 5.69 Å². The molecule has 0 fully saturated rings. The van der Waals surface area contributed by atoms with Gasteiger partial charge in [-0.05, 0) is 73.0 Å². The van der Waals surface area contributed by atoms with Gasteiger partial charge in [0.15, 0.2) is 0 Å². The zero-order valence-corrected chi connectivity index (χ0v) is 27.9. The van der Waals surface area contributed by atoms with Crippen molar-refractivity contribution in [3.8, 4) is 33.9 Å². The average molecular weight is 623 g/mol. The molecule has 3 aromatic carbocycles. The highest BCUT2D eigenvalue weighted by molar-refractivity contribution is 6.02. The van der Waals surface area contributed by atoms with Crippen molar-refractivity contribution in [3.05, 3.63) is 108 Å². The molecule has 46 heavy (non-hydrogen) atoms. The van der Waals surface area contributed by atoms with Gasteiger partial charge in [-0.25, -0.2) is 4.58 Å². The quantitative estimate of drug-likeness (QED) is 0.0973. The van der Waals surface area contributed by atoms with Crippen LogP contribution in [-0.2, 0) is 0 Å². The van der Waals surface area contributed by atoms with Crippen molar-refractivity contribution < 1.29 is 24.4 Å². The van der Waals surface area contributed by atoms with E-state index in [1.165, 1.54) is 0 Å². The van der Waals surface area contributed by atoms with Gasteiger partial charge in [0, 0.05) is 54.0 Å². The average Bonchev–Trinajstić information content (AvgIpc) is 3.06. The van der Waals surface area contributed by atoms with Gasteiger partial charge in [-0.15, -0.1) is 13.2 Å². The van der Waals surface area contributed by atoms with Gasteiger partial charge >= 0.3 is 0 Å². The van der Waals surface area contributed by atoms with Crippen LogP contribution in [0.1, 0.15) is 21.5 Å². The number of ether oxygens (including phenoxy) is 2. The molecule has 8 nitrogen and oxygen atoms in total. The van der Waals surface area contributed by atoms with Crippen LogP contribution < -0.4 is 35.4 Å². The van der Waals surface area contributed by atoms with Gasteiger partial charge in [-0.2, -0.15) is 0 Å². The highest BCUT2D eigenvalue weighted by Crippen LogP contribution is 2.42. The second kappa shape index (κ2) is 15.3. The Morgan fingerprint density at radius 1 is 0.891 bits per heavy atom. The number of hydrogen-bond donors (Lipinski definition) is 2. The summed E-state index contributed by atoms with van der Waals surface area (Å²) in [5.74, 6) is 2.25. The van der Waals surface area contributed by atoms with Crippen molar-refractivity contribution in [3.63, 3.8) is 0 Å². The molecule has 0 saturated heterocycles. The van der Waals surface area contributed by atoms with Crippen molar-refractivity contribution >= 4 is 22.6 Å². The summed E-state index contributed by atoms with van der Waals surface area (Å²) in [5, 5.41) is 4.96. The largest absolute Gasteiger partial charge is 0.490 e. The summed E-state index contributed by atoms with van der Waals surface area (Å²) in [4.78, 5) is 14.3. The van der Waals surface area contributed by atoms with Gasteiger partial charge in [-0.1, -0.05) is 12.1 Å². The molecule has 0 atom stereocenters. The number of benzene rings is 4. The van der Waals surface area contributed by atoms with E-state index in [1.54, 1.807) is 6.07 Å². The first-order chi connectivity index (χ1) is 22.2. The summed E-state index contributed by atoms with van der Waals surface area (Å²) in [7, 11) is 8.12. The second-order valence-electron chi connectivity index (χ2n) is 11.4. The van der Waals surface area contributed by atoms with E-state index in [0.717, 1.165) is 67.1 Å². The van der Waals surface area contributed by atoms with E-state index < -0.39 is 0 Å². The number of fused-ring (bicyclic) bond motifs is 2. The number of hydrogen-bond acceptors (Lipinski definition) is 5. The number of nitrogens with zero attached hydrogens (tertiary/aromatic N) is 2. The maximum Gasteiger partial charge on any atom is 0.251 e. The Balaban J connectivity index is 0.00000235. The number of quaternary nitrogens is 1. The molecule has 0 unspecified atom stereocenters. The van der Waals surface area contributed by atoms with E-state index in [1.807, 2.05) is 54.2 Å². The summed E-state index contributed by atoms with van der Waals surface area (Å²) in [6.45, 7) is 11.9. The highest BCUT2D eigenvalue weighted by atomic mass is 16.5. The number of anilines is 1. The van der Waals surface area contributed by atoms with Crippen LogP contribution in [0.25, 0.3) is 33.4 Å². The van der Waals surface area contributed by atoms with Crippen LogP contribution in [0.5, 0.6) is 11.5 Å². The van der Waals surface area contributed by atoms with Crippen molar-refractivity contribution in [2.45, 2.75) is 13.8 Å². The minimum absolute atomic E-state index is 0.106. The molecule has 1 amide bonds. The molecule has 0 saturated carbocycles. The Kier molecular flexibility index (Phi) is 11.2. The molecule has 240 valence electrons. The molecule has 3 aromatic rings.